The number of benzene rings is 1. The average molecular weight is 262 g/mol. The van der Waals surface area contributed by atoms with E-state index in [0.717, 1.165) is 36.5 Å². The highest BCUT2D eigenvalue weighted by Crippen LogP contribution is 2.33. The topological polar surface area (TPSA) is 50.8 Å². The van der Waals surface area contributed by atoms with Crippen LogP contribution in [0.4, 0.5) is 11.4 Å². The summed E-state index contributed by atoms with van der Waals surface area (Å²) >= 11 is 0. The zero-order valence-corrected chi connectivity index (χ0v) is 11.0. The van der Waals surface area contributed by atoms with E-state index in [1.54, 1.807) is 0 Å². The molecule has 5 nitrogen and oxygen atoms in total. The molecule has 1 unspecified atom stereocenters. The Morgan fingerprint density at radius 3 is 3.11 bits per heavy atom. The van der Waals surface area contributed by atoms with Crippen molar-refractivity contribution in [3.8, 4) is 5.75 Å². The van der Waals surface area contributed by atoms with Crippen LogP contribution in [-0.2, 0) is 9.53 Å². The van der Waals surface area contributed by atoms with Gasteiger partial charge in [-0.15, -0.1) is 0 Å². The first-order chi connectivity index (χ1) is 9.24. The first-order valence-electron chi connectivity index (χ1n) is 6.64. The molecule has 1 aromatic carbocycles. The number of carbonyl (C=O) groups is 1. The third-order valence-electron chi connectivity index (χ3n) is 3.54. The third-order valence-corrected chi connectivity index (χ3v) is 3.54. The smallest absolute Gasteiger partial charge is 0.253 e. The Balaban J connectivity index is 1.74. The number of rotatable bonds is 2. The van der Waals surface area contributed by atoms with Gasteiger partial charge in [0.15, 0.2) is 0 Å². The Hall–Kier alpha value is -1.75. The minimum absolute atomic E-state index is 0.0585. The van der Waals surface area contributed by atoms with E-state index in [1.165, 1.54) is 0 Å². The fourth-order valence-electron chi connectivity index (χ4n) is 2.44. The van der Waals surface area contributed by atoms with Crippen molar-refractivity contribution in [2.45, 2.75) is 18.9 Å². The number of nitrogens with one attached hydrogen (secondary N) is 1. The second-order valence-electron chi connectivity index (χ2n) is 4.94. The normalized spacial score (nSPS) is 21.7. The summed E-state index contributed by atoms with van der Waals surface area (Å²) in [5, 5.41) is 2.91. The van der Waals surface area contributed by atoms with Crippen LogP contribution in [0.3, 0.4) is 0 Å². The molecule has 1 aromatic rings. The molecule has 1 amide bonds. The second kappa shape index (κ2) is 5.09. The molecule has 0 aliphatic carbocycles. The van der Waals surface area contributed by atoms with Crippen LogP contribution in [0, 0.1) is 0 Å². The lowest BCUT2D eigenvalue weighted by molar-refractivity contribution is -0.124. The van der Waals surface area contributed by atoms with Gasteiger partial charge in [0.25, 0.3) is 5.91 Å². The maximum atomic E-state index is 12.0. The lowest BCUT2D eigenvalue weighted by atomic mass is 10.2. The van der Waals surface area contributed by atoms with E-state index < -0.39 is 0 Å². The van der Waals surface area contributed by atoms with Crippen LogP contribution in [0.2, 0.25) is 0 Å². The van der Waals surface area contributed by atoms with Crippen LogP contribution in [0.25, 0.3) is 0 Å². The number of fused-ring (bicyclic) bond motifs is 1. The molecule has 1 saturated heterocycles. The number of ether oxygens (including phenoxy) is 2. The van der Waals surface area contributed by atoms with Gasteiger partial charge in [-0.1, -0.05) is 0 Å². The van der Waals surface area contributed by atoms with Gasteiger partial charge in [0.1, 0.15) is 18.5 Å². The summed E-state index contributed by atoms with van der Waals surface area (Å²) in [4.78, 5) is 14.1. The lowest BCUT2D eigenvalue weighted by Gasteiger charge is -2.28. The standard InChI is InChI=1S/C14H18N2O3/c1-16-6-8-19-12-5-4-10(9-11(12)16)15-14(17)13-3-2-7-18-13/h4-5,9,13H,2-3,6-8H2,1H3,(H,15,17). The molecule has 1 fully saturated rings. The largest absolute Gasteiger partial charge is 0.490 e. The van der Waals surface area contributed by atoms with Crippen LogP contribution in [0.5, 0.6) is 5.75 Å². The van der Waals surface area contributed by atoms with E-state index in [2.05, 4.69) is 10.2 Å². The second-order valence-corrected chi connectivity index (χ2v) is 4.94. The minimum Gasteiger partial charge on any atom is -0.490 e. The van der Waals surface area contributed by atoms with Gasteiger partial charge in [-0.2, -0.15) is 0 Å². The maximum absolute atomic E-state index is 12.0. The van der Waals surface area contributed by atoms with Gasteiger partial charge in [-0.25, -0.2) is 0 Å². The highest BCUT2D eigenvalue weighted by Gasteiger charge is 2.24. The van der Waals surface area contributed by atoms with Gasteiger partial charge >= 0.3 is 0 Å². The van der Waals surface area contributed by atoms with E-state index in [4.69, 9.17) is 9.47 Å². The Morgan fingerprint density at radius 1 is 1.42 bits per heavy atom. The van der Waals surface area contributed by atoms with Crippen molar-refractivity contribution < 1.29 is 14.3 Å². The van der Waals surface area contributed by atoms with Gasteiger partial charge in [0, 0.05) is 19.3 Å². The number of hydrogen-bond acceptors (Lipinski definition) is 4. The number of carbonyl (C=O) groups excluding carboxylic acids is 1. The molecular formula is C14H18N2O3. The van der Waals surface area contributed by atoms with Crippen LogP contribution < -0.4 is 15.0 Å². The summed E-state index contributed by atoms with van der Waals surface area (Å²) in [5.41, 5.74) is 1.80. The molecule has 2 aliphatic rings. The highest BCUT2D eigenvalue weighted by molar-refractivity contribution is 5.95. The molecule has 2 aliphatic heterocycles. The van der Waals surface area contributed by atoms with E-state index in [-0.39, 0.29) is 12.0 Å². The van der Waals surface area contributed by atoms with Gasteiger partial charge in [0.05, 0.1) is 12.2 Å². The molecule has 19 heavy (non-hydrogen) atoms. The zero-order valence-electron chi connectivity index (χ0n) is 11.0. The lowest BCUT2D eigenvalue weighted by Crippen LogP contribution is -2.29. The van der Waals surface area contributed by atoms with Crippen LogP contribution in [-0.4, -0.2) is 38.8 Å². The SMILES string of the molecule is CN1CCOc2ccc(NC(=O)C3CCCO3)cc21. The van der Waals surface area contributed by atoms with Crippen molar-refractivity contribution in [3.05, 3.63) is 18.2 Å². The Kier molecular flexibility index (Phi) is 3.29. The van der Waals surface area contributed by atoms with Crippen molar-refractivity contribution in [2.75, 3.05) is 37.0 Å². The van der Waals surface area contributed by atoms with Crippen molar-refractivity contribution in [2.24, 2.45) is 0 Å². The predicted molar refractivity (Wildman–Crippen MR) is 72.8 cm³/mol. The summed E-state index contributed by atoms with van der Waals surface area (Å²) in [6.45, 7) is 2.24. The summed E-state index contributed by atoms with van der Waals surface area (Å²) in [7, 11) is 2.02. The minimum atomic E-state index is -0.301. The summed E-state index contributed by atoms with van der Waals surface area (Å²) in [6.07, 6.45) is 1.46. The van der Waals surface area contributed by atoms with Crippen LogP contribution in [0.15, 0.2) is 18.2 Å². The molecule has 0 spiro atoms. The zero-order chi connectivity index (χ0) is 13.2. The predicted octanol–water partition coefficient (Wildman–Crippen LogP) is 1.63. The van der Waals surface area contributed by atoms with Crippen LogP contribution >= 0.6 is 0 Å². The maximum Gasteiger partial charge on any atom is 0.253 e. The molecule has 0 aromatic heterocycles. The monoisotopic (exact) mass is 262 g/mol. The Bertz CT molecular complexity index is 484. The number of nitrogens with zero attached hydrogens (tertiary/aromatic N) is 1. The molecular weight excluding hydrogens is 244 g/mol. The van der Waals surface area contributed by atoms with E-state index in [1.807, 2.05) is 25.2 Å². The van der Waals surface area contributed by atoms with Crippen molar-refractivity contribution in [3.63, 3.8) is 0 Å². The van der Waals surface area contributed by atoms with E-state index in [0.29, 0.717) is 13.2 Å². The summed E-state index contributed by atoms with van der Waals surface area (Å²) in [6, 6.07) is 5.71. The summed E-state index contributed by atoms with van der Waals surface area (Å²) < 4.78 is 10.9. The number of amides is 1. The first-order valence-corrected chi connectivity index (χ1v) is 6.64. The molecule has 3 rings (SSSR count). The third kappa shape index (κ3) is 2.51. The highest BCUT2D eigenvalue weighted by atomic mass is 16.5. The van der Waals surface area contributed by atoms with E-state index in [9.17, 15) is 4.79 Å². The van der Waals surface area contributed by atoms with Crippen molar-refractivity contribution in [1.82, 2.24) is 0 Å². The van der Waals surface area contributed by atoms with Gasteiger partial charge in [0.2, 0.25) is 0 Å². The molecule has 1 N–H and O–H groups in total. The van der Waals surface area contributed by atoms with Crippen LogP contribution in [0.1, 0.15) is 12.8 Å². The van der Waals surface area contributed by atoms with Gasteiger partial charge < -0.3 is 19.7 Å². The first kappa shape index (κ1) is 12.3. The fraction of sp³-hybridized carbons (Fsp3) is 0.500. The van der Waals surface area contributed by atoms with E-state index >= 15 is 0 Å². The summed E-state index contributed by atoms with van der Waals surface area (Å²) in [5.74, 6) is 0.806. The fourth-order valence-corrected chi connectivity index (χ4v) is 2.44. The Morgan fingerprint density at radius 2 is 2.32 bits per heavy atom. The van der Waals surface area contributed by atoms with Gasteiger partial charge in [-0.05, 0) is 31.0 Å². The molecule has 5 heteroatoms. The molecule has 0 saturated carbocycles. The molecule has 0 bridgehead atoms. The molecule has 2 heterocycles. The molecule has 0 radical (unpaired) electrons. The Labute approximate surface area is 112 Å². The average Bonchev–Trinajstić information content (AvgIpc) is 2.94. The number of hydrogen-bond donors (Lipinski definition) is 1. The van der Waals surface area contributed by atoms with Gasteiger partial charge in [-0.3, -0.25) is 4.79 Å². The molecule has 102 valence electrons. The van der Waals surface area contributed by atoms with Crippen molar-refractivity contribution >= 4 is 17.3 Å². The molecule has 1 atom stereocenters. The number of likely N-dealkylation sites (N-methyl/N-ethyl adjacent to an activating group) is 1. The quantitative estimate of drug-likeness (QED) is 0.880. The van der Waals surface area contributed by atoms with Crippen molar-refractivity contribution in [1.29, 1.82) is 0 Å². The number of anilines is 2.